The Kier molecular flexibility index (Phi) is 3.71. The normalized spacial score (nSPS) is 15.2. The molecular formula is C18H21N5O3. The zero-order valence-electron chi connectivity index (χ0n) is 15.3. The van der Waals surface area contributed by atoms with Gasteiger partial charge in [0, 0.05) is 19.5 Å². The van der Waals surface area contributed by atoms with Crippen LogP contribution in [0.4, 0.5) is 5.82 Å². The minimum Gasteiger partial charge on any atom is -0.449 e. The summed E-state index contributed by atoms with van der Waals surface area (Å²) in [5.41, 5.74) is 1.62. The van der Waals surface area contributed by atoms with E-state index in [0.29, 0.717) is 39.8 Å². The van der Waals surface area contributed by atoms with E-state index >= 15 is 0 Å². The molecule has 3 aromatic heterocycles. The van der Waals surface area contributed by atoms with Crippen molar-refractivity contribution in [3.63, 3.8) is 0 Å². The summed E-state index contributed by atoms with van der Waals surface area (Å²) >= 11 is 0. The second-order valence-electron chi connectivity index (χ2n) is 7.01. The molecule has 0 bridgehead atoms. The lowest BCUT2D eigenvalue weighted by Crippen LogP contribution is -2.32. The fourth-order valence-corrected chi connectivity index (χ4v) is 3.08. The SMILES string of the molecule is Cc1nc(CNC(=O)c2c(C)oc3ncnc(N(C)C4(C)CC4)c23)co1. The van der Waals surface area contributed by atoms with Gasteiger partial charge in [0.2, 0.25) is 5.71 Å². The molecular weight excluding hydrogens is 334 g/mol. The number of amides is 1. The van der Waals surface area contributed by atoms with Gasteiger partial charge in [-0.1, -0.05) is 0 Å². The molecule has 1 aliphatic carbocycles. The maximum atomic E-state index is 12.9. The second kappa shape index (κ2) is 5.82. The van der Waals surface area contributed by atoms with Crippen LogP contribution < -0.4 is 10.2 Å². The fourth-order valence-electron chi connectivity index (χ4n) is 3.08. The van der Waals surface area contributed by atoms with E-state index in [0.717, 1.165) is 12.8 Å². The van der Waals surface area contributed by atoms with Crippen LogP contribution in [0.5, 0.6) is 0 Å². The van der Waals surface area contributed by atoms with Crippen molar-refractivity contribution in [2.24, 2.45) is 0 Å². The molecule has 1 N–H and O–H groups in total. The Morgan fingerprint density at radius 1 is 1.35 bits per heavy atom. The lowest BCUT2D eigenvalue weighted by Gasteiger charge is -2.26. The molecule has 3 heterocycles. The number of carbonyl (C=O) groups excluding carboxylic acids is 1. The van der Waals surface area contributed by atoms with Crippen LogP contribution in [0.1, 0.15) is 47.5 Å². The summed E-state index contributed by atoms with van der Waals surface area (Å²) in [6, 6.07) is 0. The third kappa shape index (κ3) is 2.71. The topological polar surface area (TPSA) is 97.3 Å². The molecule has 8 heteroatoms. The van der Waals surface area contributed by atoms with Crippen molar-refractivity contribution < 1.29 is 13.6 Å². The quantitative estimate of drug-likeness (QED) is 0.751. The van der Waals surface area contributed by atoms with Gasteiger partial charge in [-0.3, -0.25) is 4.79 Å². The molecule has 0 aromatic carbocycles. The number of nitrogens with zero attached hydrogens (tertiary/aromatic N) is 4. The van der Waals surface area contributed by atoms with Crippen LogP contribution in [-0.4, -0.2) is 33.4 Å². The van der Waals surface area contributed by atoms with Gasteiger partial charge < -0.3 is 19.1 Å². The van der Waals surface area contributed by atoms with Crippen LogP contribution in [0.15, 0.2) is 21.4 Å². The third-order valence-corrected chi connectivity index (χ3v) is 5.07. The van der Waals surface area contributed by atoms with Crippen LogP contribution in [0.3, 0.4) is 0 Å². The number of aryl methyl sites for hydroxylation is 2. The van der Waals surface area contributed by atoms with E-state index in [-0.39, 0.29) is 18.0 Å². The van der Waals surface area contributed by atoms with Crippen LogP contribution in [0, 0.1) is 13.8 Å². The fraction of sp³-hybridized carbons (Fsp3) is 0.444. The Balaban J connectivity index is 1.69. The van der Waals surface area contributed by atoms with Gasteiger partial charge >= 0.3 is 0 Å². The predicted octanol–water partition coefficient (Wildman–Crippen LogP) is 2.75. The summed E-state index contributed by atoms with van der Waals surface area (Å²) in [6.45, 7) is 5.98. The molecule has 0 saturated heterocycles. The van der Waals surface area contributed by atoms with Crippen molar-refractivity contribution in [1.82, 2.24) is 20.3 Å². The van der Waals surface area contributed by atoms with Gasteiger partial charge in [0.1, 0.15) is 24.2 Å². The minimum atomic E-state index is -0.243. The van der Waals surface area contributed by atoms with Crippen molar-refractivity contribution >= 4 is 22.8 Å². The Morgan fingerprint density at radius 3 is 2.77 bits per heavy atom. The van der Waals surface area contributed by atoms with Crippen molar-refractivity contribution in [1.29, 1.82) is 0 Å². The number of carbonyl (C=O) groups is 1. The van der Waals surface area contributed by atoms with Crippen molar-refractivity contribution in [2.45, 2.75) is 45.7 Å². The summed E-state index contributed by atoms with van der Waals surface area (Å²) in [7, 11) is 2.00. The van der Waals surface area contributed by atoms with E-state index in [2.05, 4.69) is 32.1 Å². The van der Waals surface area contributed by atoms with E-state index in [4.69, 9.17) is 8.83 Å². The summed E-state index contributed by atoms with van der Waals surface area (Å²) in [6.07, 6.45) is 5.20. The number of hydrogen-bond acceptors (Lipinski definition) is 7. The average Bonchev–Trinajstić information content (AvgIpc) is 3.07. The molecule has 1 aliphatic rings. The number of rotatable bonds is 5. The number of oxazole rings is 1. The Labute approximate surface area is 150 Å². The van der Waals surface area contributed by atoms with Gasteiger partial charge in [0.25, 0.3) is 5.91 Å². The van der Waals surface area contributed by atoms with Gasteiger partial charge in [-0.25, -0.2) is 15.0 Å². The molecule has 1 fully saturated rings. The Hall–Kier alpha value is -2.90. The van der Waals surface area contributed by atoms with E-state index in [1.54, 1.807) is 13.8 Å². The maximum absolute atomic E-state index is 12.9. The first-order valence-electron chi connectivity index (χ1n) is 8.56. The molecule has 1 saturated carbocycles. The van der Waals surface area contributed by atoms with Gasteiger partial charge in [-0.15, -0.1) is 0 Å². The van der Waals surface area contributed by atoms with Gasteiger partial charge in [0.15, 0.2) is 5.89 Å². The second-order valence-corrected chi connectivity index (χ2v) is 7.01. The number of fused-ring (bicyclic) bond motifs is 1. The zero-order chi connectivity index (χ0) is 18.5. The largest absolute Gasteiger partial charge is 0.449 e. The summed E-state index contributed by atoms with van der Waals surface area (Å²) in [5.74, 6) is 1.56. The molecule has 4 rings (SSSR count). The van der Waals surface area contributed by atoms with Gasteiger partial charge in [-0.05, 0) is 26.7 Å². The lowest BCUT2D eigenvalue weighted by atomic mass is 10.1. The maximum Gasteiger partial charge on any atom is 0.255 e. The molecule has 0 unspecified atom stereocenters. The van der Waals surface area contributed by atoms with E-state index in [9.17, 15) is 4.79 Å². The lowest BCUT2D eigenvalue weighted by molar-refractivity contribution is 0.0950. The number of anilines is 1. The van der Waals surface area contributed by atoms with E-state index in [1.165, 1.54) is 12.6 Å². The Bertz CT molecular complexity index is 986. The molecule has 136 valence electrons. The summed E-state index contributed by atoms with van der Waals surface area (Å²) in [4.78, 5) is 27.8. The monoisotopic (exact) mass is 355 g/mol. The van der Waals surface area contributed by atoms with Gasteiger partial charge in [-0.2, -0.15) is 0 Å². The highest BCUT2D eigenvalue weighted by Crippen LogP contribution is 2.44. The molecule has 0 aliphatic heterocycles. The highest BCUT2D eigenvalue weighted by molar-refractivity contribution is 6.10. The van der Waals surface area contributed by atoms with E-state index < -0.39 is 0 Å². The first-order chi connectivity index (χ1) is 12.4. The highest BCUT2D eigenvalue weighted by atomic mass is 16.3. The number of aromatic nitrogens is 3. The number of furan rings is 1. The Morgan fingerprint density at radius 2 is 2.12 bits per heavy atom. The van der Waals surface area contributed by atoms with Crippen LogP contribution in [0.25, 0.3) is 11.1 Å². The van der Waals surface area contributed by atoms with Gasteiger partial charge in [0.05, 0.1) is 23.2 Å². The smallest absolute Gasteiger partial charge is 0.255 e. The molecule has 3 aromatic rings. The summed E-state index contributed by atoms with van der Waals surface area (Å²) < 4.78 is 10.9. The van der Waals surface area contributed by atoms with Crippen molar-refractivity contribution in [3.05, 3.63) is 35.5 Å². The van der Waals surface area contributed by atoms with Crippen molar-refractivity contribution in [3.8, 4) is 0 Å². The first kappa shape index (κ1) is 16.6. The number of nitrogens with one attached hydrogen (secondary N) is 1. The van der Waals surface area contributed by atoms with Crippen LogP contribution in [-0.2, 0) is 6.54 Å². The zero-order valence-corrected chi connectivity index (χ0v) is 15.3. The third-order valence-electron chi connectivity index (χ3n) is 5.07. The molecule has 8 nitrogen and oxygen atoms in total. The number of hydrogen-bond donors (Lipinski definition) is 1. The minimum absolute atomic E-state index is 0.0679. The molecule has 26 heavy (non-hydrogen) atoms. The molecule has 0 spiro atoms. The standard InChI is InChI=1S/C18H21N5O3/c1-10-13(16(24)19-7-12-8-25-11(2)22-12)14-15(20-9-21-17(14)26-10)23(4)18(3)5-6-18/h8-9H,5-7H2,1-4H3,(H,19,24). The van der Waals surface area contributed by atoms with Crippen LogP contribution >= 0.6 is 0 Å². The van der Waals surface area contributed by atoms with Crippen molar-refractivity contribution in [2.75, 3.05) is 11.9 Å². The van der Waals surface area contributed by atoms with E-state index in [1.807, 2.05) is 7.05 Å². The first-order valence-corrected chi connectivity index (χ1v) is 8.56. The van der Waals surface area contributed by atoms with Crippen LogP contribution in [0.2, 0.25) is 0 Å². The highest BCUT2D eigenvalue weighted by Gasteiger charge is 2.43. The molecule has 0 radical (unpaired) electrons. The molecule has 1 amide bonds. The average molecular weight is 355 g/mol. The predicted molar refractivity (Wildman–Crippen MR) is 95.0 cm³/mol. The summed E-state index contributed by atoms with van der Waals surface area (Å²) in [5, 5.41) is 3.52. The molecule has 0 atom stereocenters.